The molecule has 0 spiro atoms. The molecule has 0 saturated heterocycles. The summed E-state index contributed by atoms with van der Waals surface area (Å²) in [6.07, 6.45) is 0. The number of hydrogen-bond acceptors (Lipinski definition) is 8. The Morgan fingerprint density at radius 3 is 2.56 bits per heavy atom. The van der Waals surface area contributed by atoms with Crippen molar-refractivity contribution in [2.24, 2.45) is 5.92 Å². The normalized spacial score (nSPS) is 10.8. The number of ether oxygens (including phenoxy) is 2. The number of thioether (sulfide) groups is 2. The highest BCUT2D eigenvalue weighted by molar-refractivity contribution is 8.03. The molecular weight excluding hydrogens is 378 g/mol. The summed E-state index contributed by atoms with van der Waals surface area (Å²) in [4.78, 5) is 12.2. The highest BCUT2D eigenvalue weighted by Crippen LogP contribution is 2.31. The molecule has 136 valence electrons. The molecule has 0 aliphatic heterocycles. The van der Waals surface area contributed by atoms with E-state index in [1.807, 2.05) is 0 Å². The molecule has 25 heavy (non-hydrogen) atoms. The van der Waals surface area contributed by atoms with Crippen molar-refractivity contribution in [2.45, 2.75) is 22.5 Å². The predicted octanol–water partition coefficient (Wildman–Crippen LogP) is 4.03. The molecule has 1 N–H and O–H groups in total. The van der Waals surface area contributed by atoms with E-state index in [1.54, 1.807) is 44.2 Å². The van der Waals surface area contributed by atoms with Crippen LogP contribution in [0.1, 0.15) is 13.8 Å². The van der Waals surface area contributed by atoms with Crippen molar-refractivity contribution in [2.75, 3.05) is 31.0 Å². The zero-order valence-electron chi connectivity index (χ0n) is 14.6. The van der Waals surface area contributed by atoms with Crippen molar-refractivity contribution in [3.05, 3.63) is 18.2 Å². The number of anilines is 1. The molecule has 0 unspecified atom stereocenters. The van der Waals surface area contributed by atoms with Crippen LogP contribution >= 0.6 is 34.9 Å². The van der Waals surface area contributed by atoms with Gasteiger partial charge in [-0.15, -0.1) is 10.2 Å². The van der Waals surface area contributed by atoms with Crippen LogP contribution in [0.25, 0.3) is 0 Å². The van der Waals surface area contributed by atoms with E-state index in [9.17, 15) is 4.79 Å². The van der Waals surface area contributed by atoms with Crippen LogP contribution in [0.15, 0.2) is 26.9 Å². The van der Waals surface area contributed by atoms with Crippen molar-refractivity contribution in [1.29, 1.82) is 0 Å². The minimum Gasteiger partial charge on any atom is -0.497 e. The van der Waals surface area contributed by atoms with Crippen LogP contribution in [0.3, 0.4) is 0 Å². The highest BCUT2D eigenvalue weighted by Gasteiger charge is 2.12. The molecule has 0 aliphatic carbocycles. The van der Waals surface area contributed by atoms with Gasteiger partial charge in [-0.3, -0.25) is 4.79 Å². The van der Waals surface area contributed by atoms with Gasteiger partial charge in [0.15, 0.2) is 8.68 Å². The minimum atomic E-state index is -0.136. The van der Waals surface area contributed by atoms with E-state index in [4.69, 9.17) is 9.47 Å². The first-order valence-corrected chi connectivity index (χ1v) is 10.4. The van der Waals surface area contributed by atoms with Gasteiger partial charge in [-0.25, -0.2) is 0 Å². The molecule has 1 amide bonds. The fourth-order valence-electron chi connectivity index (χ4n) is 1.78. The van der Waals surface area contributed by atoms with E-state index in [0.29, 0.717) is 23.1 Å². The van der Waals surface area contributed by atoms with E-state index in [2.05, 4.69) is 29.4 Å². The van der Waals surface area contributed by atoms with Crippen LogP contribution in [0.4, 0.5) is 5.69 Å². The Kier molecular flexibility index (Phi) is 7.86. The van der Waals surface area contributed by atoms with E-state index in [1.165, 1.54) is 23.1 Å². The molecular formula is C16H21N3O3S3. The van der Waals surface area contributed by atoms with Gasteiger partial charge in [0.05, 0.1) is 25.7 Å². The van der Waals surface area contributed by atoms with Crippen LogP contribution in [0, 0.1) is 5.92 Å². The quantitative estimate of drug-likeness (QED) is 0.638. The second kappa shape index (κ2) is 9.88. The molecule has 1 heterocycles. The lowest BCUT2D eigenvalue weighted by Gasteiger charge is -2.11. The second-order valence-electron chi connectivity index (χ2n) is 5.44. The molecule has 2 aromatic rings. The number of hydrogen-bond donors (Lipinski definition) is 1. The smallest absolute Gasteiger partial charge is 0.234 e. The SMILES string of the molecule is COc1ccc(OC)c(NC(=O)CSc2nnc(SCC(C)C)s2)c1. The van der Waals surface area contributed by atoms with Crippen molar-refractivity contribution in [3.8, 4) is 11.5 Å². The fourth-order valence-corrected chi connectivity index (χ4v) is 4.57. The second-order valence-corrected chi connectivity index (χ2v) is 8.91. The topological polar surface area (TPSA) is 73.3 Å². The first-order valence-electron chi connectivity index (χ1n) is 7.62. The average molecular weight is 400 g/mol. The van der Waals surface area contributed by atoms with E-state index >= 15 is 0 Å². The predicted molar refractivity (Wildman–Crippen MR) is 104 cm³/mol. The lowest BCUT2D eigenvalue weighted by atomic mass is 10.2. The van der Waals surface area contributed by atoms with Gasteiger partial charge in [0.2, 0.25) is 5.91 Å². The molecule has 0 radical (unpaired) electrons. The van der Waals surface area contributed by atoms with Gasteiger partial charge in [0, 0.05) is 11.8 Å². The lowest BCUT2D eigenvalue weighted by Crippen LogP contribution is -2.14. The third-order valence-electron chi connectivity index (χ3n) is 2.94. The van der Waals surface area contributed by atoms with Gasteiger partial charge in [-0.1, -0.05) is 48.7 Å². The summed E-state index contributed by atoms with van der Waals surface area (Å²) in [5, 5.41) is 11.1. The molecule has 1 aromatic heterocycles. The number of aromatic nitrogens is 2. The molecule has 0 fully saturated rings. The van der Waals surface area contributed by atoms with Gasteiger partial charge >= 0.3 is 0 Å². The maximum Gasteiger partial charge on any atom is 0.234 e. The van der Waals surface area contributed by atoms with Crippen molar-refractivity contribution in [3.63, 3.8) is 0 Å². The Morgan fingerprint density at radius 1 is 1.20 bits per heavy atom. The molecule has 9 heteroatoms. The fraction of sp³-hybridized carbons (Fsp3) is 0.438. The summed E-state index contributed by atoms with van der Waals surface area (Å²) >= 11 is 4.59. The molecule has 0 aliphatic rings. The Balaban J connectivity index is 1.88. The molecule has 2 rings (SSSR count). The summed E-state index contributed by atoms with van der Waals surface area (Å²) in [5.74, 6) is 2.97. The van der Waals surface area contributed by atoms with Crippen molar-refractivity contribution < 1.29 is 14.3 Å². The number of amides is 1. The zero-order valence-corrected chi connectivity index (χ0v) is 17.0. The highest BCUT2D eigenvalue weighted by atomic mass is 32.2. The Labute approximate surface area is 160 Å². The Morgan fingerprint density at radius 2 is 1.92 bits per heavy atom. The van der Waals surface area contributed by atoms with Crippen LogP contribution in [0.2, 0.25) is 0 Å². The molecule has 1 aromatic carbocycles. The Bertz CT molecular complexity index is 707. The summed E-state index contributed by atoms with van der Waals surface area (Å²) in [6, 6.07) is 5.26. The van der Waals surface area contributed by atoms with Crippen LogP contribution in [-0.2, 0) is 4.79 Å². The van der Waals surface area contributed by atoms with E-state index < -0.39 is 0 Å². The number of carbonyl (C=O) groups is 1. The number of methoxy groups -OCH3 is 2. The van der Waals surface area contributed by atoms with Crippen LogP contribution < -0.4 is 14.8 Å². The van der Waals surface area contributed by atoms with Gasteiger partial charge in [-0.05, 0) is 18.1 Å². The number of benzene rings is 1. The first kappa shape index (κ1) is 19.9. The van der Waals surface area contributed by atoms with Crippen LogP contribution in [0.5, 0.6) is 11.5 Å². The van der Waals surface area contributed by atoms with E-state index in [-0.39, 0.29) is 11.7 Å². The maximum atomic E-state index is 12.2. The monoisotopic (exact) mass is 399 g/mol. The standard InChI is InChI=1S/C16H21N3O3S3/c1-10(2)8-23-15-18-19-16(25-15)24-9-14(20)17-12-7-11(21-3)5-6-13(12)22-4/h5-7,10H,8-9H2,1-4H3,(H,17,20). The zero-order chi connectivity index (χ0) is 18.2. The van der Waals surface area contributed by atoms with E-state index in [0.717, 1.165) is 14.4 Å². The number of nitrogens with one attached hydrogen (secondary N) is 1. The maximum absolute atomic E-state index is 12.2. The minimum absolute atomic E-state index is 0.136. The van der Waals surface area contributed by atoms with Gasteiger partial charge in [0.1, 0.15) is 11.5 Å². The van der Waals surface area contributed by atoms with Crippen molar-refractivity contribution in [1.82, 2.24) is 10.2 Å². The van der Waals surface area contributed by atoms with Gasteiger partial charge in [-0.2, -0.15) is 0 Å². The molecule has 0 bridgehead atoms. The molecule has 0 atom stereocenters. The molecule has 6 nitrogen and oxygen atoms in total. The first-order chi connectivity index (χ1) is 12.0. The Hall–Kier alpha value is -1.45. The van der Waals surface area contributed by atoms with Crippen molar-refractivity contribution >= 4 is 46.5 Å². The summed E-state index contributed by atoms with van der Waals surface area (Å²) in [7, 11) is 3.14. The third-order valence-corrected chi connectivity index (χ3v) is 6.55. The molecule has 0 saturated carbocycles. The van der Waals surface area contributed by atoms with Gasteiger partial charge < -0.3 is 14.8 Å². The number of nitrogens with zero attached hydrogens (tertiary/aromatic N) is 2. The lowest BCUT2D eigenvalue weighted by molar-refractivity contribution is -0.113. The third kappa shape index (κ3) is 6.41. The summed E-state index contributed by atoms with van der Waals surface area (Å²) in [6.45, 7) is 4.34. The average Bonchev–Trinajstić information content (AvgIpc) is 3.06. The van der Waals surface area contributed by atoms with Gasteiger partial charge in [0.25, 0.3) is 0 Å². The number of rotatable bonds is 9. The largest absolute Gasteiger partial charge is 0.497 e. The summed E-state index contributed by atoms with van der Waals surface area (Å²) in [5.41, 5.74) is 0.581. The van der Waals surface area contributed by atoms with Crippen LogP contribution in [-0.4, -0.2) is 41.8 Å². The summed E-state index contributed by atoms with van der Waals surface area (Å²) < 4.78 is 12.2. The number of carbonyl (C=O) groups excluding carboxylic acids is 1.